The van der Waals surface area contributed by atoms with Crippen LogP contribution in [0.15, 0.2) is 146 Å². The molecule has 71 heavy (non-hydrogen) atoms. The van der Waals surface area contributed by atoms with Crippen LogP contribution in [0.1, 0.15) is 226 Å². The van der Waals surface area contributed by atoms with E-state index in [4.69, 9.17) is 14.2 Å². The topological polar surface area (TPSA) is 78.9 Å². The van der Waals surface area contributed by atoms with Crippen LogP contribution in [-0.4, -0.2) is 37.2 Å². The van der Waals surface area contributed by atoms with Crippen LogP contribution in [0, 0.1) is 0 Å². The second-order valence-corrected chi connectivity index (χ2v) is 18.1. The molecule has 0 heterocycles. The first-order valence-corrected chi connectivity index (χ1v) is 28.3. The molecule has 0 fully saturated rings. The average molecular weight is 980 g/mol. The molecule has 0 rings (SSSR count). The van der Waals surface area contributed by atoms with Crippen molar-refractivity contribution in [1.29, 1.82) is 0 Å². The molecule has 0 spiro atoms. The number of unbranched alkanes of at least 4 members (excludes halogenated alkanes) is 15. The highest BCUT2D eigenvalue weighted by atomic mass is 16.6. The number of hydrogen-bond acceptors (Lipinski definition) is 6. The van der Waals surface area contributed by atoms with Gasteiger partial charge in [-0.05, 0) is 96.3 Å². The molecule has 0 aromatic rings. The Kier molecular flexibility index (Phi) is 54.0. The van der Waals surface area contributed by atoms with Crippen LogP contribution in [0.3, 0.4) is 0 Å². The number of carbonyl (C=O) groups is 3. The predicted molar refractivity (Wildman–Crippen MR) is 306 cm³/mol. The van der Waals surface area contributed by atoms with Crippen LogP contribution in [-0.2, 0) is 28.6 Å². The van der Waals surface area contributed by atoms with E-state index in [0.29, 0.717) is 19.3 Å². The fourth-order valence-electron chi connectivity index (χ4n) is 7.21. The first kappa shape index (κ1) is 66.3. The van der Waals surface area contributed by atoms with E-state index < -0.39 is 12.1 Å². The molecule has 0 saturated heterocycles. The van der Waals surface area contributed by atoms with E-state index in [0.717, 1.165) is 96.3 Å². The SMILES string of the molecule is CC/C=C\C/C=C\C/C=C\C/C=C\C/C=C\C/C=C\C/C=C\CCCC(=O)OCC(COC(=O)CCCCCCCCCCCCCCCCC)OC(=O)C/C=C\C/C=C\C/C=C\C/C=C\C/C=C\CC. The lowest BCUT2D eigenvalue weighted by Gasteiger charge is -2.18. The number of rotatable bonds is 49. The van der Waals surface area contributed by atoms with Gasteiger partial charge in [-0.25, -0.2) is 0 Å². The van der Waals surface area contributed by atoms with Gasteiger partial charge < -0.3 is 14.2 Å². The van der Waals surface area contributed by atoms with Crippen LogP contribution < -0.4 is 0 Å². The number of ether oxygens (including phenoxy) is 3. The number of carbonyl (C=O) groups excluding carboxylic acids is 3. The zero-order valence-electron chi connectivity index (χ0n) is 45.4. The second-order valence-electron chi connectivity index (χ2n) is 18.1. The molecule has 6 nitrogen and oxygen atoms in total. The Morgan fingerprint density at radius 1 is 0.310 bits per heavy atom. The van der Waals surface area contributed by atoms with E-state index in [1.54, 1.807) is 6.08 Å². The van der Waals surface area contributed by atoms with Crippen molar-refractivity contribution < 1.29 is 28.6 Å². The number of allylic oxidation sites excluding steroid dienone is 23. The quantitative estimate of drug-likeness (QED) is 0.0262. The lowest BCUT2D eigenvalue weighted by atomic mass is 10.0. The molecule has 0 aliphatic heterocycles. The molecule has 6 heteroatoms. The van der Waals surface area contributed by atoms with Crippen molar-refractivity contribution >= 4 is 17.9 Å². The first-order valence-electron chi connectivity index (χ1n) is 28.3. The van der Waals surface area contributed by atoms with Crippen molar-refractivity contribution in [2.24, 2.45) is 0 Å². The smallest absolute Gasteiger partial charge is 0.310 e. The van der Waals surface area contributed by atoms with E-state index in [9.17, 15) is 14.4 Å². The monoisotopic (exact) mass is 979 g/mol. The van der Waals surface area contributed by atoms with Crippen molar-refractivity contribution in [3.8, 4) is 0 Å². The van der Waals surface area contributed by atoms with Gasteiger partial charge in [-0.2, -0.15) is 0 Å². The summed E-state index contributed by atoms with van der Waals surface area (Å²) in [6.07, 6.45) is 83.0. The van der Waals surface area contributed by atoms with E-state index >= 15 is 0 Å². The third kappa shape index (κ3) is 56.1. The molecule has 0 aromatic carbocycles. The highest BCUT2D eigenvalue weighted by Crippen LogP contribution is 2.14. The Morgan fingerprint density at radius 3 is 0.930 bits per heavy atom. The zero-order chi connectivity index (χ0) is 51.4. The standard InChI is InChI=1S/C65H102O6/c1-4-7-10-13-16-19-22-25-28-29-30-31-32-33-34-35-38-40-43-46-49-52-55-58-64(67)70-61-62(71-65(68)59-56-53-50-47-44-41-37-27-24-21-18-15-12-9-6-3)60-69-63(66)57-54-51-48-45-42-39-36-26-23-20-17-14-11-8-5-2/h7,9-10,12,16,18-19,21,25,27-28,30-31,33-34,37-38,40,44,46-47,49,53,56,62H,4-6,8,11,13-15,17,20,22-24,26,29,32,35-36,39,41-43,45,48,50-52,54-55,57-61H2,1-3H3/b10-7-,12-9-,19-16-,21-18-,28-25-,31-30-,34-33-,37-27-,40-38-,47-44-,49-46-,56-53-. The summed E-state index contributed by atoms with van der Waals surface area (Å²) < 4.78 is 16.7. The molecule has 0 N–H and O–H groups in total. The molecule has 1 unspecified atom stereocenters. The van der Waals surface area contributed by atoms with E-state index in [-0.39, 0.29) is 38.0 Å². The molecule has 1 atom stereocenters. The van der Waals surface area contributed by atoms with Gasteiger partial charge in [0, 0.05) is 12.8 Å². The van der Waals surface area contributed by atoms with E-state index in [2.05, 4.69) is 154 Å². The van der Waals surface area contributed by atoms with E-state index in [1.165, 1.54) is 77.0 Å². The van der Waals surface area contributed by atoms with Crippen LogP contribution in [0.2, 0.25) is 0 Å². The number of esters is 3. The Morgan fingerprint density at radius 2 is 0.592 bits per heavy atom. The van der Waals surface area contributed by atoms with Gasteiger partial charge >= 0.3 is 17.9 Å². The Hall–Kier alpha value is -4.71. The number of hydrogen-bond donors (Lipinski definition) is 0. The molecule has 0 amide bonds. The summed E-state index contributed by atoms with van der Waals surface area (Å²) in [7, 11) is 0. The zero-order valence-corrected chi connectivity index (χ0v) is 45.4. The summed E-state index contributed by atoms with van der Waals surface area (Å²) in [4.78, 5) is 38.0. The fourth-order valence-corrected chi connectivity index (χ4v) is 7.21. The second kappa shape index (κ2) is 57.9. The van der Waals surface area contributed by atoms with Crippen LogP contribution in [0.5, 0.6) is 0 Å². The normalized spacial score (nSPS) is 13.2. The molecule has 0 saturated carbocycles. The third-order valence-electron chi connectivity index (χ3n) is 11.4. The Balaban J connectivity index is 4.58. The summed E-state index contributed by atoms with van der Waals surface area (Å²) in [6.45, 7) is 6.27. The largest absolute Gasteiger partial charge is 0.462 e. The minimum Gasteiger partial charge on any atom is -0.462 e. The minimum absolute atomic E-state index is 0.0793. The van der Waals surface area contributed by atoms with Crippen molar-refractivity contribution in [3.63, 3.8) is 0 Å². The Labute approximate surface area is 436 Å². The summed E-state index contributed by atoms with van der Waals surface area (Å²) in [5.41, 5.74) is 0. The minimum atomic E-state index is -0.861. The average Bonchev–Trinajstić information content (AvgIpc) is 3.37. The van der Waals surface area contributed by atoms with Gasteiger partial charge in [-0.1, -0.05) is 256 Å². The maximum Gasteiger partial charge on any atom is 0.310 e. The molecule has 398 valence electrons. The molecule has 0 aliphatic rings. The Bertz CT molecular complexity index is 1590. The maximum absolute atomic E-state index is 12.8. The maximum atomic E-state index is 12.8. The molecule has 0 aliphatic carbocycles. The summed E-state index contributed by atoms with van der Waals surface area (Å²) in [5.74, 6) is -1.14. The summed E-state index contributed by atoms with van der Waals surface area (Å²) >= 11 is 0. The van der Waals surface area contributed by atoms with Crippen LogP contribution >= 0.6 is 0 Å². The van der Waals surface area contributed by atoms with Crippen molar-refractivity contribution in [2.45, 2.75) is 232 Å². The highest BCUT2D eigenvalue weighted by Gasteiger charge is 2.19. The van der Waals surface area contributed by atoms with Crippen molar-refractivity contribution in [3.05, 3.63) is 146 Å². The molecule has 0 radical (unpaired) electrons. The van der Waals surface area contributed by atoms with Crippen molar-refractivity contribution in [2.75, 3.05) is 13.2 Å². The predicted octanol–water partition coefficient (Wildman–Crippen LogP) is 19.2. The van der Waals surface area contributed by atoms with Gasteiger partial charge in [-0.3, -0.25) is 14.4 Å². The molecular formula is C65H102O6. The first-order chi connectivity index (χ1) is 35.0. The summed E-state index contributed by atoms with van der Waals surface area (Å²) in [5, 5.41) is 0. The van der Waals surface area contributed by atoms with Gasteiger partial charge in [0.1, 0.15) is 13.2 Å². The van der Waals surface area contributed by atoms with Gasteiger partial charge in [0.05, 0.1) is 6.42 Å². The summed E-state index contributed by atoms with van der Waals surface area (Å²) in [6, 6.07) is 0. The van der Waals surface area contributed by atoms with Gasteiger partial charge in [0.25, 0.3) is 0 Å². The molecule has 0 bridgehead atoms. The van der Waals surface area contributed by atoms with Gasteiger partial charge in [-0.15, -0.1) is 0 Å². The molecule has 0 aromatic heterocycles. The van der Waals surface area contributed by atoms with Gasteiger partial charge in [0.2, 0.25) is 0 Å². The van der Waals surface area contributed by atoms with Crippen molar-refractivity contribution in [1.82, 2.24) is 0 Å². The fraction of sp³-hybridized carbons (Fsp3) is 0.585. The lowest BCUT2D eigenvalue weighted by molar-refractivity contribution is -0.166. The van der Waals surface area contributed by atoms with Crippen LogP contribution in [0.4, 0.5) is 0 Å². The third-order valence-corrected chi connectivity index (χ3v) is 11.4. The highest BCUT2D eigenvalue weighted by molar-refractivity contribution is 5.72. The van der Waals surface area contributed by atoms with Gasteiger partial charge in [0.15, 0.2) is 6.10 Å². The van der Waals surface area contributed by atoms with E-state index in [1.807, 2.05) is 6.08 Å². The van der Waals surface area contributed by atoms with Crippen LogP contribution in [0.25, 0.3) is 0 Å². The lowest BCUT2D eigenvalue weighted by Crippen LogP contribution is -2.30. The molecular weight excluding hydrogens is 877 g/mol.